The van der Waals surface area contributed by atoms with E-state index in [9.17, 15) is 0 Å². The maximum absolute atomic E-state index is 5.56. The summed E-state index contributed by atoms with van der Waals surface area (Å²) in [5, 5.41) is 4.32. The number of nitrogens with two attached hydrogens (primary N) is 1. The average molecular weight is 232 g/mol. The van der Waals surface area contributed by atoms with E-state index in [1.54, 1.807) is 11.8 Å². The minimum Gasteiger partial charge on any atom is -0.497 e. The third-order valence-electron chi connectivity index (χ3n) is 2.58. The van der Waals surface area contributed by atoms with Crippen LogP contribution >= 0.6 is 0 Å². The van der Waals surface area contributed by atoms with Crippen LogP contribution in [0.25, 0.3) is 0 Å². The van der Waals surface area contributed by atoms with Gasteiger partial charge in [0.1, 0.15) is 11.6 Å². The van der Waals surface area contributed by atoms with Gasteiger partial charge in [0.05, 0.1) is 13.7 Å². The van der Waals surface area contributed by atoms with Crippen LogP contribution in [-0.2, 0) is 20.0 Å². The lowest BCUT2D eigenvalue weighted by Gasteiger charge is -2.01. The van der Waals surface area contributed by atoms with Gasteiger partial charge < -0.3 is 10.5 Å². The third kappa shape index (κ3) is 2.62. The van der Waals surface area contributed by atoms with Crippen molar-refractivity contribution in [2.75, 3.05) is 7.11 Å². The summed E-state index contributed by atoms with van der Waals surface area (Å²) >= 11 is 0. The molecule has 0 bridgehead atoms. The van der Waals surface area contributed by atoms with E-state index in [2.05, 4.69) is 10.1 Å². The highest BCUT2D eigenvalue weighted by molar-refractivity contribution is 5.30. The van der Waals surface area contributed by atoms with E-state index in [0.29, 0.717) is 13.0 Å². The molecule has 2 rings (SSSR count). The smallest absolute Gasteiger partial charge is 0.155 e. The largest absolute Gasteiger partial charge is 0.497 e. The summed E-state index contributed by atoms with van der Waals surface area (Å²) in [6, 6.07) is 7.89. The summed E-state index contributed by atoms with van der Waals surface area (Å²) in [6.45, 7) is 0.404. The zero-order valence-corrected chi connectivity index (χ0v) is 10.1. The second kappa shape index (κ2) is 4.97. The topological polar surface area (TPSA) is 66.0 Å². The van der Waals surface area contributed by atoms with Crippen LogP contribution in [-0.4, -0.2) is 21.9 Å². The molecule has 0 aliphatic carbocycles. The minimum absolute atomic E-state index is 0.404. The van der Waals surface area contributed by atoms with Crippen LogP contribution in [0.4, 0.5) is 0 Å². The lowest BCUT2D eigenvalue weighted by molar-refractivity contribution is 0.414. The summed E-state index contributed by atoms with van der Waals surface area (Å²) in [5.41, 5.74) is 6.68. The third-order valence-corrected chi connectivity index (χ3v) is 2.58. The Morgan fingerprint density at radius 2 is 2.24 bits per heavy atom. The molecule has 0 radical (unpaired) electrons. The fourth-order valence-corrected chi connectivity index (χ4v) is 1.69. The molecule has 5 heteroatoms. The van der Waals surface area contributed by atoms with Crippen molar-refractivity contribution in [3.05, 3.63) is 41.5 Å². The zero-order valence-electron chi connectivity index (χ0n) is 10.1. The molecular formula is C12H16N4O. The number of ether oxygens (including phenoxy) is 1. The Kier molecular flexibility index (Phi) is 3.39. The molecule has 0 fully saturated rings. The average Bonchev–Trinajstić information content (AvgIpc) is 2.69. The van der Waals surface area contributed by atoms with Crippen molar-refractivity contribution in [2.24, 2.45) is 12.8 Å². The van der Waals surface area contributed by atoms with Crippen LogP contribution in [0, 0.1) is 0 Å². The first kappa shape index (κ1) is 11.6. The standard InChI is InChI=1S/C12H16N4O/c1-16-12(8-13)14-11(15-16)7-9-4-3-5-10(6-9)17-2/h3-6H,7-8,13H2,1-2H3. The van der Waals surface area contributed by atoms with E-state index in [-0.39, 0.29) is 0 Å². The number of benzene rings is 1. The van der Waals surface area contributed by atoms with Crippen molar-refractivity contribution >= 4 is 0 Å². The normalized spacial score (nSPS) is 10.5. The molecule has 0 saturated carbocycles. The van der Waals surface area contributed by atoms with Crippen LogP contribution in [0.5, 0.6) is 5.75 Å². The lowest BCUT2D eigenvalue weighted by atomic mass is 10.1. The predicted octanol–water partition coefficient (Wildman–Crippen LogP) is 0.873. The van der Waals surface area contributed by atoms with Gasteiger partial charge in [-0.25, -0.2) is 4.98 Å². The highest BCUT2D eigenvalue weighted by Gasteiger charge is 2.06. The van der Waals surface area contributed by atoms with Gasteiger partial charge in [-0.15, -0.1) is 0 Å². The van der Waals surface area contributed by atoms with E-state index in [4.69, 9.17) is 10.5 Å². The second-order valence-electron chi connectivity index (χ2n) is 3.80. The summed E-state index contributed by atoms with van der Waals surface area (Å²) in [6.07, 6.45) is 0.686. The Morgan fingerprint density at radius 1 is 1.41 bits per heavy atom. The van der Waals surface area contributed by atoms with Gasteiger partial charge in [0.2, 0.25) is 0 Å². The molecule has 0 aliphatic heterocycles. The van der Waals surface area contributed by atoms with E-state index < -0.39 is 0 Å². The van der Waals surface area contributed by atoms with Gasteiger partial charge in [0.15, 0.2) is 5.82 Å². The summed E-state index contributed by atoms with van der Waals surface area (Å²) < 4.78 is 6.89. The first-order valence-corrected chi connectivity index (χ1v) is 5.44. The number of hydrogen-bond acceptors (Lipinski definition) is 4. The van der Waals surface area contributed by atoms with Crippen LogP contribution in [0.1, 0.15) is 17.2 Å². The highest BCUT2D eigenvalue weighted by Crippen LogP contribution is 2.14. The SMILES string of the molecule is COc1cccc(Cc2nc(CN)n(C)n2)c1. The Bertz CT molecular complexity index is 507. The van der Waals surface area contributed by atoms with E-state index in [1.807, 2.05) is 31.3 Å². The maximum Gasteiger partial charge on any atom is 0.155 e. The van der Waals surface area contributed by atoms with E-state index in [0.717, 1.165) is 23.0 Å². The fraction of sp³-hybridized carbons (Fsp3) is 0.333. The van der Waals surface area contributed by atoms with Crippen molar-refractivity contribution < 1.29 is 4.74 Å². The Balaban J connectivity index is 2.18. The number of methoxy groups -OCH3 is 1. The molecule has 2 aromatic rings. The van der Waals surface area contributed by atoms with Crippen LogP contribution < -0.4 is 10.5 Å². The first-order chi connectivity index (χ1) is 8.22. The Hall–Kier alpha value is -1.88. The molecule has 17 heavy (non-hydrogen) atoms. The molecule has 0 aliphatic rings. The molecule has 0 unspecified atom stereocenters. The van der Waals surface area contributed by atoms with Crippen molar-refractivity contribution in [3.8, 4) is 5.75 Å². The van der Waals surface area contributed by atoms with E-state index >= 15 is 0 Å². The fourth-order valence-electron chi connectivity index (χ4n) is 1.69. The molecule has 0 amide bonds. The van der Waals surface area contributed by atoms with Crippen LogP contribution in [0.3, 0.4) is 0 Å². The van der Waals surface area contributed by atoms with Gasteiger partial charge in [0.25, 0.3) is 0 Å². The van der Waals surface area contributed by atoms with Gasteiger partial charge in [0, 0.05) is 13.5 Å². The quantitative estimate of drug-likeness (QED) is 0.849. The van der Waals surface area contributed by atoms with Gasteiger partial charge in [-0.05, 0) is 17.7 Å². The molecule has 2 N–H and O–H groups in total. The van der Waals surface area contributed by atoms with Crippen molar-refractivity contribution in [2.45, 2.75) is 13.0 Å². The number of rotatable bonds is 4. The molecular weight excluding hydrogens is 216 g/mol. The number of aromatic nitrogens is 3. The molecule has 0 saturated heterocycles. The minimum atomic E-state index is 0.404. The van der Waals surface area contributed by atoms with Gasteiger partial charge in [-0.2, -0.15) is 5.10 Å². The molecule has 1 aromatic heterocycles. The Labute approximate surface area is 100 Å². The lowest BCUT2D eigenvalue weighted by Crippen LogP contribution is -2.05. The number of hydrogen-bond donors (Lipinski definition) is 1. The van der Waals surface area contributed by atoms with Crippen molar-refractivity contribution in [1.29, 1.82) is 0 Å². The van der Waals surface area contributed by atoms with Gasteiger partial charge in [-0.3, -0.25) is 4.68 Å². The number of nitrogens with zero attached hydrogens (tertiary/aromatic N) is 3. The predicted molar refractivity (Wildman–Crippen MR) is 64.7 cm³/mol. The van der Waals surface area contributed by atoms with E-state index in [1.165, 1.54) is 0 Å². The molecule has 5 nitrogen and oxygen atoms in total. The van der Waals surface area contributed by atoms with Gasteiger partial charge >= 0.3 is 0 Å². The van der Waals surface area contributed by atoms with Crippen LogP contribution in [0.15, 0.2) is 24.3 Å². The van der Waals surface area contributed by atoms with Crippen LogP contribution in [0.2, 0.25) is 0 Å². The first-order valence-electron chi connectivity index (χ1n) is 5.44. The zero-order chi connectivity index (χ0) is 12.3. The second-order valence-corrected chi connectivity index (χ2v) is 3.80. The summed E-state index contributed by atoms with van der Waals surface area (Å²) in [5.74, 6) is 2.42. The van der Waals surface area contributed by atoms with Crippen molar-refractivity contribution in [1.82, 2.24) is 14.8 Å². The molecule has 0 spiro atoms. The molecule has 1 aromatic carbocycles. The monoisotopic (exact) mass is 232 g/mol. The molecule has 90 valence electrons. The Morgan fingerprint density at radius 3 is 2.88 bits per heavy atom. The highest BCUT2D eigenvalue weighted by atomic mass is 16.5. The summed E-state index contributed by atoms with van der Waals surface area (Å²) in [7, 11) is 3.51. The maximum atomic E-state index is 5.56. The molecule has 0 atom stereocenters. The summed E-state index contributed by atoms with van der Waals surface area (Å²) in [4.78, 5) is 4.37. The number of aryl methyl sites for hydroxylation is 1. The molecule has 1 heterocycles. The van der Waals surface area contributed by atoms with Crippen molar-refractivity contribution in [3.63, 3.8) is 0 Å². The van der Waals surface area contributed by atoms with Gasteiger partial charge in [-0.1, -0.05) is 12.1 Å².